The Labute approximate surface area is 120 Å². The summed E-state index contributed by atoms with van der Waals surface area (Å²) in [4.78, 5) is 13.6. The summed E-state index contributed by atoms with van der Waals surface area (Å²) >= 11 is 0. The van der Waals surface area contributed by atoms with Crippen LogP contribution < -0.4 is 11.3 Å². The highest BCUT2D eigenvalue weighted by molar-refractivity contribution is 5.80. The first kappa shape index (κ1) is 15.0. The fourth-order valence-corrected chi connectivity index (χ4v) is 2.62. The number of rotatable bonds is 5. The highest BCUT2D eigenvalue weighted by atomic mass is 16.5. The van der Waals surface area contributed by atoms with Gasteiger partial charge in [-0.05, 0) is 37.9 Å². The van der Waals surface area contributed by atoms with Crippen LogP contribution in [0.15, 0.2) is 24.3 Å². The summed E-state index contributed by atoms with van der Waals surface area (Å²) in [5.41, 5.74) is 4.77. The molecule has 1 aliphatic heterocycles. The molecular weight excluding hydrogens is 254 g/mol. The molecule has 0 radical (unpaired) electrons. The molecule has 1 fully saturated rings. The summed E-state index contributed by atoms with van der Waals surface area (Å²) in [5, 5.41) is 0. The molecule has 1 aromatic carbocycles. The van der Waals surface area contributed by atoms with Crippen LogP contribution in [-0.4, -0.2) is 36.6 Å². The lowest BCUT2D eigenvalue weighted by atomic mass is 10.1. The fourth-order valence-electron chi connectivity index (χ4n) is 2.62. The van der Waals surface area contributed by atoms with Gasteiger partial charge < -0.3 is 4.74 Å². The van der Waals surface area contributed by atoms with E-state index in [2.05, 4.69) is 48.6 Å². The minimum absolute atomic E-state index is 0.103. The van der Waals surface area contributed by atoms with E-state index in [0.29, 0.717) is 0 Å². The number of likely N-dealkylation sites (N-methyl/N-ethyl adjacent to an activating group) is 1. The number of carbonyl (C=O) groups excluding carboxylic acids is 1. The van der Waals surface area contributed by atoms with E-state index in [0.717, 1.165) is 25.9 Å². The van der Waals surface area contributed by atoms with Crippen molar-refractivity contribution in [3.63, 3.8) is 0 Å². The molecule has 2 rings (SSSR count). The summed E-state index contributed by atoms with van der Waals surface area (Å²) < 4.78 is 5.72. The van der Waals surface area contributed by atoms with Crippen LogP contribution in [0.4, 0.5) is 0 Å². The molecule has 1 saturated heterocycles. The van der Waals surface area contributed by atoms with Crippen LogP contribution in [-0.2, 0) is 16.1 Å². The van der Waals surface area contributed by atoms with Gasteiger partial charge in [0, 0.05) is 13.1 Å². The second kappa shape index (κ2) is 6.83. The van der Waals surface area contributed by atoms with Crippen molar-refractivity contribution in [1.82, 2.24) is 10.3 Å². The molecule has 2 unspecified atom stereocenters. The number of hydrazine groups is 1. The molecule has 0 aromatic heterocycles. The van der Waals surface area contributed by atoms with Crippen molar-refractivity contribution in [3.8, 4) is 0 Å². The Hall–Kier alpha value is -1.43. The van der Waals surface area contributed by atoms with Crippen LogP contribution in [0, 0.1) is 6.92 Å². The zero-order chi connectivity index (χ0) is 14.5. The average Bonchev–Trinajstić information content (AvgIpc) is 2.89. The summed E-state index contributed by atoms with van der Waals surface area (Å²) in [6, 6.07) is 8.38. The highest BCUT2D eigenvalue weighted by Gasteiger charge is 2.30. The average molecular weight is 277 g/mol. The summed E-state index contributed by atoms with van der Waals surface area (Å²) in [7, 11) is 2.08. The molecule has 5 nitrogen and oxygen atoms in total. The van der Waals surface area contributed by atoms with Gasteiger partial charge in [0.2, 0.25) is 0 Å². The molecule has 20 heavy (non-hydrogen) atoms. The van der Waals surface area contributed by atoms with Gasteiger partial charge in [0.15, 0.2) is 0 Å². The largest absolute Gasteiger partial charge is 0.364 e. The molecular formula is C15H23N3O2. The van der Waals surface area contributed by atoms with Crippen LogP contribution in [0.1, 0.15) is 24.0 Å². The third kappa shape index (κ3) is 3.79. The molecule has 1 heterocycles. The van der Waals surface area contributed by atoms with E-state index in [9.17, 15) is 4.79 Å². The van der Waals surface area contributed by atoms with Gasteiger partial charge in [0.25, 0.3) is 5.91 Å². The second-order valence-corrected chi connectivity index (χ2v) is 5.46. The van der Waals surface area contributed by atoms with Crippen molar-refractivity contribution >= 4 is 5.91 Å². The second-order valence-electron chi connectivity index (χ2n) is 5.46. The Bertz CT molecular complexity index is 464. The standard InChI is InChI=1S/C15H23N3O2/c1-11-5-3-4-6-12(11)9-18(2)10-13-7-8-14(20-13)15(19)17-16/h3-6,13-14H,7-10,16H2,1-2H3,(H,17,19). The summed E-state index contributed by atoms with van der Waals surface area (Å²) in [5.74, 6) is 4.90. The number of amides is 1. The highest BCUT2D eigenvalue weighted by Crippen LogP contribution is 2.21. The monoisotopic (exact) mass is 277 g/mol. The van der Waals surface area contributed by atoms with Gasteiger partial charge in [0.05, 0.1) is 6.10 Å². The number of benzene rings is 1. The minimum Gasteiger partial charge on any atom is -0.364 e. The molecule has 0 spiro atoms. The number of aryl methyl sites for hydroxylation is 1. The van der Waals surface area contributed by atoms with E-state index in [1.165, 1.54) is 11.1 Å². The van der Waals surface area contributed by atoms with E-state index in [1.807, 2.05) is 0 Å². The molecule has 1 amide bonds. The molecule has 0 aliphatic carbocycles. The smallest absolute Gasteiger partial charge is 0.263 e. The third-order valence-electron chi connectivity index (χ3n) is 3.76. The predicted molar refractivity (Wildman–Crippen MR) is 77.7 cm³/mol. The summed E-state index contributed by atoms with van der Waals surface area (Å²) in [6.45, 7) is 3.83. The lowest BCUT2D eigenvalue weighted by Crippen LogP contribution is -2.39. The molecule has 0 bridgehead atoms. The van der Waals surface area contributed by atoms with Crippen molar-refractivity contribution in [2.75, 3.05) is 13.6 Å². The van der Waals surface area contributed by atoms with Crippen molar-refractivity contribution in [2.45, 2.75) is 38.5 Å². The number of nitrogens with one attached hydrogen (secondary N) is 1. The number of hydrogen-bond donors (Lipinski definition) is 2. The van der Waals surface area contributed by atoms with Crippen molar-refractivity contribution in [2.24, 2.45) is 5.84 Å². The molecule has 110 valence electrons. The summed E-state index contributed by atoms with van der Waals surface area (Å²) in [6.07, 6.45) is 1.35. The molecule has 5 heteroatoms. The first-order chi connectivity index (χ1) is 9.60. The van der Waals surface area contributed by atoms with Gasteiger partial charge in [-0.15, -0.1) is 0 Å². The predicted octanol–water partition coefficient (Wildman–Crippen LogP) is 0.964. The first-order valence-corrected chi connectivity index (χ1v) is 6.99. The third-order valence-corrected chi connectivity index (χ3v) is 3.76. The Morgan fingerprint density at radius 1 is 1.45 bits per heavy atom. The lowest BCUT2D eigenvalue weighted by Gasteiger charge is -2.22. The van der Waals surface area contributed by atoms with Gasteiger partial charge in [-0.25, -0.2) is 5.84 Å². The quantitative estimate of drug-likeness (QED) is 0.478. The number of carbonyl (C=O) groups is 1. The normalized spacial score (nSPS) is 22.2. The van der Waals surface area contributed by atoms with Gasteiger partial charge in [0.1, 0.15) is 6.10 Å². The Morgan fingerprint density at radius 3 is 2.90 bits per heavy atom. The Balaban J connectivity index is 1.82. The number of nitrogens with zero attached hydrogens (tertiary/aromatic N) is 1. The van der Waals surface area contributed by atoms with Gasteiger partial charge in [-0.1, -0.05) is 24.3 Å². The van der Waals surface area contributed by atoms with E-state index in [1.54, 1.807) is 0 Å². The van der Waals surface area contributed by atoms with Crippen molar-refractivity contribution < 1.29 is 9.53 Å². The van der Waals surface area contributed by atoms with Crippen LogP contribution in [0.3, 0.4) is 0 Å². The molecule has 2 atom stereocenters. The van der Waals surface area contributed by atoms with E-state index in [-0.39, 0.29) is 12.0 Å². The number of ether oxygens (including phenoxy) is 1. The fraction of sp³-hybridized carbons (Fsp3) is 0.533. The molecule has 3 N–H and O–H groups in total. The maximum Gasteiger partial charge on any atom is 0.263 e. The lowest BCUT2D eigenvalue weighted by molar-refractivity contribution is -0.132. The SMILES string of the molecule is Cc1ccccc1CN(C)CC1CCC(C(=O)NN)O1. The first-order valence-electron chi connectivity index (χ1n) is 6.99. The van der Waals surface area contributed by atoms with E-state index in [4.69, 9.17) is 10.6 Å². The minimum atomic E-state index is -0.392. The molecule has 1 aliphatic rings. The zero-order valence-electron chi connectivity index (χ0n) is 12.1. The van der Waals surface area contributed by atoms with Crippen LogP contribution in [0.5, 0.6) is 0 Å². The van der Waals surface area contributed by atoms with E-state index >= 15 is 0 Å². The van der Waals surface area contributed by atoms with Crippen LogP contribution in [0.2, 0.25) is 0 Å². The topological polar surface area (TPSA) is 67.6 Å². The van der Waals surface area contributed by atoms with Crippen molar-refractivity contribution in [1.29, 1.82) is 0 Å². The Morgan fingerprint density at radius 2 is 2.20 bits per heavy atom. The van der Waals surface area contributed by atoms with Crippen LogP contribution in [0.25, 0.3) is 0 Å². The van der Waals surface area contributed by atoms with Crippen LogP contribution >= 0.6 is 0 Å². The maximum absolute atomic E-state index is 11.4. The maximum atomic E-state index is 11.4. The van der Waals surface area contributed by atoms with Gasteiger partial charge >= 0.3 is 0 Å². The Kier molecular flexibility index (Phi) is 5.11. The van der Waals surface area contributed by atoms with Crippen molar-refractivity contribution in [3.05, 3.63) is 35.4 Å². The molecule has 0 saturated carbocycles. The number of nitrogens with two attached hydrogens (primary N) is 1. The number of hydrogen-bond acceptors (Lipinski definition) is 4. The zero-order valence-corrected chi connectivity index (χ0v) is 12.1. The van der Waals surface area contributed by atoms with E-state index < -0.39 is 6.10 Å². The van der Waals surface area contributed by atoms with Gasteiger partial charge in [-0.2, -0.15) is 0 Å². The van der Waals surface area contributed by atoms with Gasteiger partial charge in [-0.3, -0.25) is 15.1 Å². The molecule has 1 aromatic rings.